The lowest BCUT2D eigenvalue weighted by Gasteiger charge is -2.14. The van der Waals surface area contributed by atoms with Gasteiger partial charge in [0.2, 0.25) is 0 Å². The molecule has 0 aromatic heterocycles. The highest BCUT2D eigenvalue weighted by molar-refractivity contribution is 5.60. The minimum atomic E-state index is 0.438. The second kappa shape index (κ2) is 7.07. The van der Waals surface area contributed by atoms with Gasteiger partial charge in [0.15, 0.2) is 0 Å². The maximum Gasteiger partial charge on any atom is 0.123 e. The fourth-order valence-corrected chi connectivity index (χ4v) is 1.66. The first-order valence-corrected chi connectivity index (χ1v) is 6.30. The first-order valence-electron chi connectivity index (χ1n) is 6.30. The van der Waals surface area contributed by atoms with Gasteiger partial charge in [0, 0.05) is 23.7 Å². The minimum absolute atomic E-state index is 0.438. The van der Waals surface area contributed by atoms with E-state index in [-0.39, 0.29) is 0 Å². The Morgan fingerprint density at radius 2 is 2.11 bits per heavy atom. The van der Waals surface area contributed by atoms with Gasteiger partial charge >= 0.3 is 0 Å². The minimum Gasteiger partial charge on any atom is -0.496 e. The SMILES string of the molecule is C=C(OCC)c1ccc(OC)c(CNC(C)C)c1. The van der Waals surface area contributed by atoms with Gasteiger partial charge in [-0.15, -0.1) is 0 Å². The monoisotopic (exact) mass is 249 g/mol. The van der Waals surface area contributed by atoms with E-state index in [0.29, 0.717) is 18.4 Å². The molecule has 0 aliphatic heterocycles. The van der Waals surface area contributed by atoms with Crippen LogP contribution in [-0.2, 0) is 11.3 Å². The average Bonchev–Trinajstić information content (AvgIpc) is 2.36. The molecule has 0 spiro atoms. The van der Waals surface area contributed by atoms with Crippen molar-refractivity contribution in [1.82, 2.24) is 5.32 Å². The standard InChI is InChI=1S/C15H23NO2/c1-6-18-12(4)13-7-8-15(17-5)14(9-13)10-16-11(2)3/h7-9,11,16H,4,6,10H2,1-3,5H3. The molecule has 0 atom stereocenters. The summed E-state index contributed by atoms with van der Waals surface area (Å²) in [5, 5.41) is 3.38. The normalized spacial score (nSPS) is 10.5. The van der Waals surface area contributed by atoms with Crippen LogP contribution in [0.1, 0.15) is 31.9 Å². The van der Waals surface area contributed by atoms with E-state index in [0.717, 1.165) is 23.4 Å². The van der Waals surface area contributed by atoms with Crippen LogP contribution in [0.5, 0.6) is 5.75 Å². The lowest BCUT2D eigenvalue weighted by atomic mass is 10.1. The Hall–Kier alpha value is -1.48. The van der Waals surface area contributed by atoms with E-state index >= 15 is 0 Å². The summed E-state index contributed by atoms with van der Waals surface area (Å²) in [5.41, 5.74) is 2.11. The summed E-state index contributed by atoms with van der Waals surface area (Å²) in [6, 6.07) is 6.42. The van der Waals surface area contributed by atoms with Crippen molar-refractivity contribution in [1.29, 1.82) is 0 Å². The number of hydrogen-bond donors (Lipinski definition) is 1. The van der Waals surface area contributed by atoms with E-state index in [2.05, 4.69) is 31.8 Å². The fourth-order valence-electron chi connectivity index (χ4n) is 1.66. The van der Waals surface area contributed by atoms with E-state index < -0.39 is 0 Å². The van der Waals surface area contributed by atoms with Crippen LogP contribution in [0.25, 0.3) is 5.76 Å². The summed E-state index contributed by atoms with van der Waals surface area (Å²) in [6.07, 6.45) is 0. The predicted octanol–water partition coefficient (Wildman–Crippen LogP) is 3.20. The number of benzene rings is 1. The summed E-state index contributed by atoms with van der Waals surface area (Å²) in [6.45, 7) is 11.5. The molecule has 0 amide bonds. The molecule has 0 fully saturated rings. The third kappa shape index (κ3) is 4.08. The molecule has 0 unspecified atom stereocenters. The summed E-state index contributed by atoms with van der Waals surface area (Å²) < 4.78 is 10.8. The third-order valence-electron chi connectivity index (χ3n) is 2.62. The maximum atomic E-state index is 5.43. The number of rotatable bonds is 7. The van der Waals surface area contributed by atoms with E-state index in [1.165, 1.54) is 0 Å². The summed E-state index contributed by atoms with van der Waals surface area (Å²) in [7, 11) is 1.69. The maximum absolute atomic E-state index is 5.43. The van der Waals surface area contributed by atoms with Crippen molar-refractivity contribution in [2.75, 3.05) is 13.7 Å². The van der Waals surface area contributed by atoms with Crippen LogP contribution in [0.15, 0.2) is 24.8 Å². The lowest BCUT2D eigenvalue weighted by Crippen LogP contribution is -2.22. The molecule has 3 heteroatoms. The molecular weight excluding hydrogens is 226 g/mol. The van der Waals surface area contributed by atoms with Gasteiger partial charge in [0.05, 0.1) is 13.7 Å². The molecule has 3 nitrogen and oxygen atoms in total. The third-order valence-corrected chi connectivity index (χ3v) is 2.62. The number of methoxy groups -OCH3 is 1. The Morgan fingerprint density at radius 3 is 2.67 bits per heavy atom. The first-order chi connectivity index (χ1) is 8.58. The van der Waals surface area contributed by atoms with E-state index in [1.54, 1.807) is 7.11 Å². The molecule has 0 radical (unpaired) electrons. The first kappa shape index (κ1) is 14.6. The Morgan fingerprint density at radius 1 is 1.39 bits per heavy atom. The van der Waals surface area contributed by atoms with Crippen LogP contribution in [0.4, 0.5) is 0 Å². The zero-order chi connectivity index (χ0) is 13.5. The van der Waals surface area contributed by atoms with E-state index in [1.807, 2.05) is 19.1 Å². The molecule has 0 bridgehead atoms. The number of ether oxygens (including phenoxy) is 2. The molecule has 1 rings (SSSR count). The Labute approximate surface area is 110 Å². The van der Waals surface area contributed by atoms with Crippen LogP contribution in [0, 0.1) is 0 Å². The molecule has 0 aliphatic carbocycles. The predicted molar refractivity (Wildman–Crippen MR) is 75.6 cm³/mol. The smallest absolute Gasteiger partial charge is 0.123 e. The van der Waals surface area contributed by atoms with Gasteiger partial charge in [-0.1, -0.05) is 20.4 Å². The van der Waals surface area contributed by atoms with Gasteiger partial charge in [-0.25, -0.2) is 0 Å². The Bertz CT molecular complexity index is 399. The van der Waals surface area contributed by atoms with Crippen molar-refractivity contribution in [2.24, 2.45) is 0 Å². The number of nitrogens with one attached hydrogen (secondary N) is 1. The van der Waals surface area contributed by atoms with Gasteiger partial charge < -0.3 is 14.8 Å². The molecule has 100 valence electrons. The van der Waals surface area contributed by atoms with Crippen molar-refractivity contribution in [3.8, 4) is 5.75 Å². The molecule has 1 aromatic carbocycles. The van der Waals surface area contributed by atoms with Crippen molar-refractivity contribution in [3.63, 3.8) is 0 Å². The van der Waals surface area contributed by atoms with Gasteiger partial charge in [-0.3, -0.25) is 0 Å². The molecule has 18 heavy (non-hydrogen) atoms. The van der Waals surface area contributed by atoms with Crippen LogP contribution in [-0.4, -0.2) is 19.8 Å². The van der Waals surface area contributed by atoms with Crippen LogP contribution >= 0.6 is 0 Å². The molecule has 0 saturated carbocycles. The molecule has 0 heterocycles. The van der Waals surface area contributed by atoms with Crippen LogP contribution in [0.2, 0.25) is 0 Å². The van der Waals surface area contributed by atoms with Crippen molar-refractivity contribution in [3.05, 3.63) is 35.9 Å². The summed E-state index contributed by atoms with van der Waals surface area (Å²) >= 11 is 0. The van der Waals surface area contributed by atoms with Crippen molar-refractivity contribution < 1.29 is 9.47 Å². The van der Waals surface area contributed by atoms with E-state index in [4.69, 9.17) is 9.47 Å². The quantitative estimate of drug-likeness (QED) is 0.753. The Balaban J connectivity index is 2.90. The highest BCUT2D eigenvalue weighted by Gasteiger charge is 2.07. The van der Waals surface area contributed by atoms with Crippen molar-refractivity contribution in [2.45, 2.75) is 33.4 Å². The zero-order valence-electron chi connectivity index (χ0n) is 11.7. The molecular formula is C15H23NO2. The van der Waals surface area contributed by atoms with E-state index in [9.17, 15) is 0 Å². The van der Waals surface area contributed by atoms with Gasteiger partial charge in [-0.2, -0.15) is 0 Å². The highest BCUT2D eigenvalue weighted by atomic mass is 16.5. The Kier molecular flexibility index (Phi) is 5.72. The lowest BCUT2D eigenvalue weighted by molar-refractivity contribution is 0.299. The second-order valence-electron chi connectivity index (χ2n) is 4.42. The average molecular weight is 249 g/mol. The van der Waals surface area contributed by atoms with Gasteiger partial charge in [-0.05, 0) is 25.1 Å². The zero-order valence-corrected chi connectivity index (χ0v) is 11.7. The molecule has 1 N–H and O–H groups in total. The molecule has 0 aliphatic rings. The molecule has 0 saturated heterocycles. The summed E-state index contributed by atoms with van der Waals surface area (Å²) in [4.78, 5) is 0. The van der Waals surface area contributed by atoms with Gasteiger partial charge in [0.25, 0.3) is 0 Å². The van der Waals surface area contributed by atoms with Crippen LogP contribution < -0.4 is 10.1 Å². The summed E-state index contributed by atoms with van der Waals surface area (Å²) in [5.74, 6) is 1.59. The highest BCUT2D eigenvalue weighted by Crippen LogP contribution is 2.23. The van der Waals surface area contributed by atoms with Crippen molar-refractivity contribution >= 4 is 5.76 Å². The number of hydrogen-bond acceptors (Lipinski definition) is 3. The van der Waals surface area contributed by atoms with Crippen LogP contribution in [0.3, 0.4) is 0 Å². The molecule has 1 aromatic rings. The largest absolute Gasteiger partial charge is 0.496 e. The fraction of sp³-hybridized carbons (Fsp3) is 0.467. The topological polar surface area (TPSA) is 30.5 Å². The van der Waals surface area contributed by atoms with Gasteiger partial charge in [0.1, 0.15) is 11.5 Å². The second-order valence-corrected chi connectivity index (χ2v) is 4.42.